The number of aromatic nitrogens is 4. The van der Waals surface area contributed by atoms with Crippen LogP contribution < -0.4 is 10.1 Å². The lowest BCUT2D eigenvalue weighted by atomic mass is 10.1. The normalized spacial score (nSPS) is 12.3. The van der Waals surface area contributed by atoms with Gasteiger partial charge in [-0.15, -0.1) is 0 Å². The summed E-state index contributed by atoms with van der Waals surface area (Å²) in [5.74, 6) is 1.30. The third-order valence-corrected chi connectivity index (χ3v) is 3.49. The van der Waals surface area contributed by atoms with E-state index in [4.69, 9.17) is 4.74 Å². The van der Waals surface area contributed by atoms with Crippen LogP contribution in [0.2, 0.25) is 0 Å². The summed E-state index contributed by atoms with van der Waals surface area (Å²) in [7, 11) is 3.41. The molecule has 0 saturated carbocycles. The van der Waals surface area contributed by atoms with Gasteiger partial charge in [-0.05, 0) is 6.07 Å². The molecule has 1 atom stereocenters. The molecule has 0 saturated heterocycles. The van der Waals surface area contributed by atoms with Gasteiger partial charge in [0.1, 0.15) is 17.9 Å². The van der Waals surface area contributed by atoms with Crippen LogP contribution in [-0.4, -0.2) is 38.5 Å². The van der Waals surface area contributed by atoms with Gasteiger partial charge in [0.15, 0.2) is 5.65 Å². The Bertz CT molecular complexity index is 786. The first-order chi connectivity index (χ1) is 10.7. The van der Waals surface area contributed by atoms with Crippen LogP contribution in [0.15, 0.2) is 36.8 Å². The largest absolute Gasteiger partial charge is 0.496 e. The van der Waals surface area contributed by atoms with Crippen LogP contribution in [0.5, 0.6) is 5.75 Å². The maximum absolute atomic E-state index is 10.4. The van der Waals surface area contributed by atoms with E-state index in [-0.39, 0.29) is 0 Å². The fourth-order valence-corrected chi connectivity index (χ4v) is 2.35. The molecular weight excluding hydrogens is 282 g/mol. The van der Waals surface area contributed by atoms with Crippen LogP contribution in [0, 0.1) is 0 Å². The predicted octanol–water partition coefficient (Wildman–Crippen LogP) is 1.52. The molecule has 0 aliphatic heterocycles. The summed E-state index contributed by atoms with van der Waals surface area (Å²) >= 11 is 0. The van der Waals surface area contributed by atoms with Crippen LogP contribution in [0.1, 0.15) is 11.7 Å². The van der Waals surface area contributed by atoms with Gasteiger partial charge in [-0.3, -0.25) is 4.68 Å². The van der Waals surface area contributed by atoms with E-state index in [1.807, 2.05) is 31.3 Å². The average molecular weight is 299 g/mol. The monoisotopic (exact) mass is 299 g/mol. The molecule has 0 aliphatic carbocycles. The number of para-hydroxylation sites is 1. The number of fused-ring (bicyclic) bond motifs is 1. The molecule has 0 fully saturated rings. The topological polar surface area (TPSA) is 85.1 Å². The second-order valence-electron chi connectivity index (χ2n) is 4.87. The number of aliphatic hydroxyl groups excluding tert-OH is 1. The van der Waals surface area contributed by atoms with Gasteiger partial charge in [0, 0.05) is 19.2 Å². The lowest BCUT2D eigenvalue weighted by Crippen LogP contribution is -2.14. The number of nitrogens with zero attached hydrogens (tertiary/aromatic N) is 4. The summed E-state index contributed by atoms with van der Waals surface area (Å²) in [4.78, 5) is 8.39. The number of rotatable bonds is 5. The SMILES string of the molecule is COc1ccccc1[C@@H](O)CNc1ncnc2c1cnn2C. The first kappa shape index (κ1) is 14.3. The predicted molar refractivity (Wildman–Crippen MR) is 82.7 cm³/mol. The van der Waals surface area contributed by atoms with Gasteiger partial charge in [0.25, 0.3) is 0 Å². The van der Waals surface area contributed by atoms with E-state index in [0.29, 0.717) is 18.1 Å². The van der Waals surface area contributed by atoms with Crippen molar-refractivity contribution in [2.24, 2.45) is 7.05 Å². The number of hydrogen-bond acceptors (Lipinski definition) is 6. The highest BCUT2D eigenvalue weighted by Crippen LogP contribution is 2.25. The molecule has 7 nitrogen and oxygen atoms in total. The Morgan fingerprint density at radius 3 is 2.95 bits per heavy atom. The first-order valence-corrected chi connectivity index (χ1v) is 6.88. The van der Waals surface area contributed by atoms with Gasteiger partial charge in [0.2, 0.25) is 0 Å². The quantitative estimate of drug-likeness (QED) is 0.743. The lowest BCUT2D eigenvalue weighted by molar-refractivity contribution is 0.187. The number of hydrogen-bond donors (Lipinski definition) is 2. The van der Waals surface area contributed by atoms with Gasteiger partial charge in [-0.1, -0.05) is 18.2 Å². The Balaban J connectivity index is 1.79. The van der Waals surface area contributed by atoms with Crippen molar-refractivity contribution in [1.29, 1.82) is 0 Å². The zero-order chi connectivity index (χ0) is 15.5. The molecule has 0 spiro atoms. The highest BCUT2D eigenvalue weighted by molar-refractivity contribution is 5.85. The number of methoxy groups -OCH3 is 1. The van der Waals surface area contributed by atoms with Crippen LogP contribution >= 0.6 is 0 Å². The van der Waals surface area contributed by atoms with E-state index in [9.17, 15) is 5.11 Å². The van der Waals surface area contributed by atoms with Crippen molar-refractivity contribution in [3.63, 3.8) is 0 Å². The molecule has 3 rings (SSSR count). The number of aliphatic hydroxyl groups is 1. The van der Waals surface area contributed by atoms with Crippen molar-refractivity contribution >= 4 is 16.9 Å². The molecule has 2 N–H and O–H groups in total. The summed E-state index contributed by atoms with van der Waals surface area (Å²) in [6.07, 6.45) is 2.47. The van der Waals surface area contributed by atoms with E-state index in [1.54, 1.807) is 18.0 Å². The number of anilines is 1. The van der Waals surface area contributed by atoms with Gasteiger partial charge < -0.3 is 15.2 Å². The van der Waals surface area contributed by atoms with Crippen molar-refractivity contribution in [2.75, 3.05) is 19.0 Å². The number of benzene rings is 1. The number of ether oxygens (including phenoxy) is 1. The Labute approximate surface area is 127 Å². The minimum absolute atomic E-state index is 0.307. The van der Waals surface area contributed by atoms with Crippen molar-refractivity contribution in [3.05, 3.63) is 42.4 Å². The molecule has 2 aromatic heterocycles. The molecule has 0 bridgehead atoms. The molecule has 0 amide bonds. The number of aryl methyl sites for hydroxylation is 1. The molecule has 1 aromatic carbocycles. The Morgan fingerprint density at radius 2 is 2.14 bits per heavy atom. The third-order valence-electron chi connectivity index (χ3n) is 3.49. The molecule has 22 heavy (non-hydrogen) atoms. The van der Waals surface area contributed by atoms with Crippen molar-refractivity contribution < 1.29 is 9.84 Å². The zero-order valence-electron chi connectivity index (χ0n) is 12.4. The Hall–Kier alpha value is -2.67. The van der Waals surface area contributed by atoms with Crippen molar-refractivity contribution in [1.82, 2.24) is 19.7 Å². The lowest BCUT2D eigenvalue weighted by Gasteiger charge is -2.15. The third kappa shape index (κ3) is 2.58. The smallest absolute Gasteiger partial charge is 0.163 e. The van der Waals surface area contributed by atoms with Crippen molar-refractivity contribution in [2.45, 2.75) is 6.10 Å². The van der Waals surface area contributed by atoms with Gasteiger partial charge in [0.05, 0.1) is 24.8 Å². The minimum Gasteiger partial charge on any atom is -0.496 e. The molecule has 3 aromatic rings. The Morgan fingerprint density at radius 1 is 1.32 bits per heavy atom. The average Bonchev–Trinajstić information content (AvgIpc) is 2.94. The molecule has 7 heteroatoms. The molecule has 0 unspecified atom stereocenters. The molecule has 2 heterocycles. The maximum atomic E-state index is 10.4. The molecule has 114 valence electrons. The highest BCUT2D eigenvalue weighted by Gasteiger charge is 2.14. The summed E-state index contributed by atoms with van der Waals surface area (Å²) in [6, 6.07) is 7.39. The van der Waals surface area contributed by atoms with E-state index >= 15 is 0 Å². The zero-order valence-corrected chi connectivity index (χ0v) is 12.4. The molecule has 0 radical (unpaired) electrons. The Kier molecular flexibility index (Phi) is 3.88. The highest BCUT2D eigenvalue weighted by atomic mass is 16.5. The van der Waals surface area contributed by atoms with Crippen LogP contribution in [0.3, 0.4) is 0 Å². The second kappa shape index (κ2) is 5.98. The van der Waals surface area contributed by atoms with E-state index < -0.39 is 6.10 Å². The second-order valence-corrected chi connectivity index (χ2v) is 4.87. The van der Waals surface area contributed by atoms with E-state index in [0.717, 1.165) is 16.6 Å². The maximum Gasteiger partial charge on any atom is 0.163 e. The summed E-state index contributed by atoms with van der Waals surface area (Å²) in [5, 5.41) is 18.5. The fraction of sp³-hybridized carbons (Fsp3) is 0.267. The van der Waals surface area contributed by atoms with E-state index in [1.165, 1.54) is 6.33 Å². The van der Waals surface area contributed by atoms with Gasteiger partial charge in [-0.25, -0.2) is 9.97 Å². The van der Waals surface area contributed by atoms with Gasteiger partial charge in [-0.2, -0.15) is 5.10 Å². The van der Waals surface area contributed by atoms with Crippen LogP contribution in [0.4, 0.5) is 5.82 Å². The minimum atomic E-state index is -0.710. The summed E-state index contributed by atoms with van der Waals surface area (Å²) in [5.41, 5.74) is 1.47. The molecular formula is C15H17N5O2. The summed E-state index contributed by atoms with van der Waals surface area (Å²) < 4.78 is 6.94. The standard InChI is InChI=1S/C15H17N5O2/c1-20-15-11(7-19-20)14(17-9-18-15)16-8-12(21)10-5-3-4-6-13(10)22-2/h3-7,9,12,21H,8H2,1-2H3,(H,16,17,18)/t12-/m0/s1. The number of nitrogens with one attached hydrogen (secondary N) is 1. The van der Waals surface area contributed by atoms with Crippen molar-refractivity contribution in [3.8, 4) is 5.75 Å². The van der Waals surface area contributed by atoms with Crippen LogP contribution in [-0.2, 0) is 7.05 Å². The van der Waals surface area contributed by atoms with Crippen LogP contribution in [0.25, 0.3) is 11.0 Å². The first-order valence-electron chi connectivity index (χ1n) is 6.88. The van der Waals surface area contributed by atoms with E-state index in [2.05, 4.69) is 20.4 Å². The molecule has 0 aliphatic rings. The fourth-order valence-electron chi connectivity index (χ4n) is 2.35. The summed E-state index contributed by atoms with van der Waals surface area (Å²) in [6.45, 7) is 0.307. The van der Waals surface area contributed by atoms with Gasteiger partial charge >= 0.3 is 0 Å².